The van der Waals surface area contributed by atoms with Crippen molar-refractivity contribution in [1.29, 1.82) is 0 Å². The number of rotatable bonds is 6. The molecular weight excluding hydrogens is 527 g/mol. The zero-order chi connectivity index (χ0) is 25.3. The number of primary amides is 1. The summed E-state index contributed by atoms with van der Waals surface area (Å²) in [6.07, 6.45) is 1.02. The first-order chi connectivity index (χ1) is 15.9. The van der Waals surface area contributed by atoms with Gasteiger partial charge in [-0.05, 0) is 65.2 Å². The Labute approximate surface area is 198 Å². The van der Waals surface area contributed by atoms with E-state index in [-0.39, 0.29) is 15.7 Å². The van der Waals surface area contributed by atoms with Gasteiger partial charge in [0.15, 0.2) is 29.0 Å². The van der Waals surface area contributed by atoms with Gasteiger partial charge in [-0.15, -0.1) is 0 Å². The molecule has 3 rings (SSSR count). The molecule has 1 heterocycles. The number of nitrogens with zero attached hydrogens (tertiary/aromatic N) is 3. The summed E-state index contributed by atoms with van der Waals surface area (Å²) >= 11 is 2.99. The van der Waals surface area contributed by atoms with Gasteiger partial charge >= 0.3 is 0 Å². The van der Waals surface area contributed by atoms with Gasteiger partial charge in [-0.25, -0.2) is 27.5 Å². The molecule has 0 aliphatic carbocycles. The van der Waals surface area contributed by atoms with Crippen LogP contribution in [0.3, 0.4) is 0 Å². The van der Waals surface area contributed by atoms with Crippen molar-refractivity contribution in [1.82, 2.24) is 14.9 Å². The lowest BCUT2D eigenvalue weighted by molar-refractivity contribution is 0.0590. The monoisotopic (exact) mass is 542 g/mol. The third kappa shape index (κ3) is 4.91. The number of carbonyl (C=O) groups is 2. The first-order valence-electron chi connectivity index (χ1n) is 9.66. The van der Waals surface area contributed by atoms with E-state index in [0.29, 0.717) is 0 Å². The molecule has 0 saturated heterocycles. The van der Waals surface area contributed by atoms with E-state index in [1.165, 1.54) is 19.9 Å². The van der Waals surface area contributed by atoms with Gasteiger partial charge < -0.3 is 10.6 Å². The Morgan fingerprint density at radius 3 is 2.18 bits per heavy atom. The molecule has 2 N–H and O–H groups in total. The number of carbonyl (C=O) groups excluding carboxylic acids is 2. The number of amides is 2. The minimum Gasteiger partial charge on any atom is -0.366 e. The summed E-state index contributed by atoms with van der Waals surface area (Å²) in [5.74, 6) is -8.70. The fourth-order valence-corrected chi connectivity index (χ4v) is 3.70. The van der Waals surface area contributed by atoms with Crippen molar-refractivity contribution in [3.63, 3.8) is 0 Å². The maximum atomic E-state index is 14.4. The molecule has 0 bridgehead atoms. The van der Waals surface area contributed by atoms with Crippen LogP contribution in [0.4, 0.5) is 22.0 Å². The fraction of sp³-hybridized carbons (Fsp3) is 0.182. The Balaban J connectivity index is 2.18. The van der Waals surface area contributed by atoms with Gasteiger partial charge in [-0.3, -0.25) is 9.59 Å². The summed E-state index contributed by atoms with van der Waals surface area (Å²) in [6, 6.07) is 2.39. The van der Waals surface area contributed by atoms with Crippen molar-refractivity contribution in [3.8, 4) is 0 Å². The normalized spacial score (nSPS) is 12.8. The second-order valence-electron chi connectivity index (χ2n) is 7.30. The Morgan fingerprint density at radius 2 is 1.56 bits per heavy atom. The lowest BCUT2D eigenvalue weighted by Crippen LogP contribution is -2.37. The molecule has 0 fully saturated rings. The summed E-state index contributed by atoms with van der Waals surface area (Å²) in [6.45, 7) is 2.81. The maximum absolute atomic E-state index is 14.4. The topological polar surface area (TPSA) is 89.2 Å². The standard InChI is InChI=1S/C22H16BrF5N4O2/c1-9(11-3-4-14(24)15(25)6-11)32(22(34)19-20(28)30-8-17(23)31-19)10(2)12-5-13(21(29)33)18(27)16(26)7-12/h3-10H,1-2H3,(H2,29,33)/t9?,10-/m0/s1. The molecule has 12 heteroatoms. The van der Waals surface area contributed by atoms with Crippen LogP contribution in [0, 0.1) is 29.2 Å². The highest BCUT2D eigenvalue weighted by Crippen LogP contribution is 2.34. The average molecular weight is 543 g/mol. The van der Waals surface area contributed by atoms with Crippen LogP contribution in [0.15, 0.2) is 41.1 Å². The molecular formula is C22H16BrF5N4O2. The molecule has 0 radical (unpaired) electrons. The highest BCUT2D eigenvalue weighted by atomic mass is 79.9. The quantitative estimate of drug-likeness (QED) is 0.444. The van der Waals surface area contributed by atoms with Gasteiger partial charge in [0, 0.05) is 0 Å². The van der Waals surface area contributed by atoms with Crippen molar-refractivity contribution in [3.05, 3.63) is 92.7 Å². The molecule has 2 atom stereocenters. The molecule has 1 unspecified atom stereocenters. The Morgan fingerprint density at radius 1 is 0.941 bits per heavy atom. The van der Waals surface area contributed by atoms with Crippen molar-refractivity contribution < 1.29 is 31.5 Å². The summed E-state index contributed by atoms with van der Waals surface area (Å²) < 4.78 is 70.0. The van der Waals surface area contributed by atoms with Gasteiger partial charge in [0.2, 0.25) is 5.95 Å². The minimum absolute atomic E-state index is 0.0363. The second-order valence-corrected chi connectivity index (χ2v) is 8.11. The molecule has 1 aromatic heterocycles. The van der Waals surface area contributed by atoms with E-state index in [9.17, 15) is 31.5 Å². The van der Waals surface area contributed by atoms with Gasteiger partial charge in [0.1, 0.15) is 4.60 Å². The number of halogens is 6. The van der Waals surface area contributed by atoms with Crippen LogP contribution in [0.1, 0.15) is 57.9 Å². The molecule has 34 heavy (non-hydrogen) atoms. The summed E-state index contributed by atoms with van der Waals surface area (Å²) in [7, 11) is 0. The Kier molecular flexibility index (Phi) is 7.29. The van der Waals surface area contributed by atoms with Crippen LogP contribution in [-0.4, -0.2) is 26.7 Å². The van der Waals surface area contributed by atoms with Crippen LogP contribution in [0.25, 0.3) is 0 Å². The molecule has 0 spiro atoms. The van der Waals surface area contributed by atoms with Crippen LogP contribution in [0.5, 0.6) is 0 Å². The SMILES string of the molecule is CC(c1ccc(F)c(F)c1)N(C(=O)c1nc(Br)cnc1F)[C@@H](C)c1cc(F)c(F)c(C(N)=O)c1. The van der Waals surface area contributed by atoms with E-state index >= 15 is 0 Å². The number of aromatic nitrogens is 2. The van der Waals surface area contributed by atoms with E-state index in [2.05, 4.69) is 25.9 Å². The third-order valence-electron chi connectivity index (χ3n) is 5.19. The molecule has 2 amide bonds. The van der Waals surface area contributed by atoms with Crippen molar-refractivity contribution >= 4 is 27.7 Å². The molecule has 0 saturated carbocycles. The smallest absolute Gasteiger partial charge is 0.278 e. The lowest BCUT2D eigenvalue weighted by atomic mass is 9.98. The molecule has 2 aromatic carbocycles. The van der Waals surface area contributed by atoms with Gasteiger partial charge in [0.25, 0.3) is 11.8 Å². The number of hydrogen-bond acceptors (Lipinski definition) is 4. The Bertz CT molecular complexity index is 1290. The number of benzene rings is 2. The number of nitrogens with two attached hydrogens (primary N) is 1. The van der Waals surface area contributed by atoms with Gasteiger partial charge in [-0.1, -0.05) is 6.07 Å². The molecule has 3 aromatic rings. The highest BCUT2D eigenvalue weighted by Gasteiger charge is 2.33. The van der Waals surface area contributed by atoms with Crippen LogP contribution in [0.2, 0.25) is 0 Å². The predicted octanol–water partition coefficient (Wildman–Crippen LogP) is 5.00. The van der Waals surface area contributed by atoms with Gasteiger partial charge in [0.05, 0.1) is 23.8 Å². The fourth-order valence-electron chi connectivity index (χ4n) is 3.42. The van der Waals surface area contributed by atoms with E-state index < -0.39 is 64.4 Å². The zero-order valence-corrected chi connectivity index (χ0v) is 19.2. The highest BCUT2D eigenvalue weighted by molar-refractivity contribution is 9.10. The van der Waals surface area contributed by atoms with Crippen molar-refractivity contribution in [2.45, 2.75) is 25.9 Å². The maximum Gasteiger partial charge on any atom is 0.278 e. The van der Waals surface area contributed by atoms with E-state index in [1.807, 2.05) is 0 Å². The Hall–Kier alpha value is -3.41. The predicted molar refractivity (Wildman–Crippen MR) is 114 cm³/mol. The first kappa shape index (κ1) is 25.2. The van der Waals surface area contributed by atoms with E-state index in [4.69, 9.17) is 5.73 Å². The molecule has 0 aliphatic rings. The zero-order valence-electron chi connectivity index (χ0n) is 17.6. The van der Waals surface area contributed by atoms with E-state index in [0.717, 1.165) is 35.4 Å². The van der Waals surface area contributed by atoms with Crippen LogP contribution < -0.4 is 5.73 Å². The second kappa shape index (κ2) is 9.84. The lowest BCUT2D eigenvalue weighted by Gasteiger charge is -2.35. The molecule has 0 aliphatic heterocycles. The minimum atomic E-state index is -1.47. The van der Waals surface area contributed by atoms with Crippen molar-refractivity contribution in [2.24, 2.45) is 5.73 Å². The third-order valence-corrected chi connectivity index (χ3v) is 5.58. The largest absolute Gasteiger partial charge is 0.366 e. The summed E-state index contributed by atoms with van der Waals surface area (Å²) in [5.41, 5.74) is 3.69. The van der Waals surface area contributed by atoms with Crippen LogP contribution in [-0.2, 0) is 0 Å². The van der Waals surface area contributed by atoms with E-state index in [1.54, 1.807) is 0 Å². The molecule has 6 nitrogen and oxygen atoms in total. The summed E-state index contributed by atoms with van der Waals surface area (Å²) in [5, 5.41) is 0. The average Bonchev–Trinajstić information content (AvgIpc) is 2.78. The van der Waals surface area contributed by atoms with Crippen molar-refractivity contribution in [2.75, 3.05) is 0 Å². The van der Waals surface area contributed by atoms with Gasteiger partial charge in [-0.2, -0.15) is 4.39 Å². The molecule has 178 valence electrons. The first-order valence-corrected chi connectivity index (χ1v) is 10.5. The summed E-state index contributed by atoms with van der Waals surface area (Å²) in [4.78, 5) is 33.2. The number of hydrogen-bond donors (Lipinski definition) is 1. The van der Waals surface area contributed by atoms with Crippen LogP contribution >= 0.6 is 15.9 Å².